The Bertz CT molecular complexity index is 1620. The highest BCUT2D eigenvalue weighted by Gasteiger charge is 2.21. The van der Waals surface area contributed by atoms with Gasteiger partial charge in [0.05, 0.1) is 12.2 Å². The van der Waals surface area contributed by atoms with Crippen LogP contribution in [0.15, 0.2) is 46.4 Å². The zero-order chi connectivity index (χ0) is 20.9. The fourth-order valence-electron chi connectivity index (χ4n) is 3.31. The lowest BCUT2D eigenvalue weighted by Crippen LogP contribution is -2.23. The van der Waals surface area contributed by atoms with E-state index >= 15 is 0 Å². The van der Waals surface area contributed by atoms with Gasteiger partial charge in [-0.15, -0.1) is 0 Å². The second kappa shape index (κ2) is 6.55. The van der Waals surface area contributed by atoms with Crippen molar-refractivity contribution in [1.29, 1.82) is 0 Å². The van der Waals surface area contributed by atoms with Crippen LogP contribution >= 0.6 is 0 Å². The number of nitrogens with zero attached hydrogens (tertiary/aromatic N) is 5. The molecule has 4 N–H and O–H groups in total. The Hall–Kier alpha value is -4.41. The number of hydrogen-bond donors (Lipinski definition) is 4. The van der Waals surface area contributed by atoms with E-state index in [-0.39, 0.29) is 23.6 Å². The number of hydrogen-bond acceptors (Lipinski definition) is 7. The number of aromatic amines is 3. The molecule has 31 heavy (non-hydrogen) atoms. The number of ether oxygens (including phenoxy) is 1. The average molecular weight is 416 g/mol. The van der Waals surface area contributed by atoms with Crippen molar-refractivity contribution in [1.82, 2.24) is 34.5 Å². The zero-order valence-corrected chi connectivity index (χ0v) is 16.0. The summed E-state index contributed by atoms with van der Waals surface area (Å²) >= 11 is 0. The van der Waals surface area contributed by atoms with Crippen LogP contribution in [-0.4, -0.2) is 45.7 Å². The number of benzene rings is 1. The van der Waals surface area contributed by atoms with Crippen LogP contribution in [0.4, 0.5) is 0 Å². The van der Waals surface area contributed by atoms with Crippen molar-refractivity contribution in [2.75, 3.05) is 0 Å². The van der Waals surface area contributed by atoms with Gasteiger partial charge in [-0.25, -0.2) is 9.79 Å². The van der Waals surface area contributed by atoms with Crippen LogP contribution in [-0.2, 0) is 0 Å². The number of aromatic nitrogens is 7. The molecule has 0 radical (unpaired) electrons. The average Bonchev–Trinajstić information content (AvgIpc) is 3.14. The third kappa shape index (κ3) is 3.21. The summed E-state index contributed by atoms with van der Waals surface area (Å²) in [5, 5.41) is 15.8. The maximum Gasteiger partial charge on any atom is 0.327 e. The minimum atomic E-state index is -0.511. The van der Waals surface area contributed by atoms with E-state index in [1.54, 1.807) is 12.3 Å². The van der Waals surface area contributed by atoms with Gasteiger partial charge in [-0.2, -0.15) is 19.6 Å². The van der Waals surface area contributed by atoms with E-state index in [0.717, 1.165) is 23.7 Å². The lowest BCUT2D eigenvalue weighted by molar-refractivity contribution is 0.436. The molecule has 5 aromatic rings. The van der Waals surface area contributed by atoms with E-state index in [2.05, 4.69) is 35.0 Å². The first kappa shape index (κ1) is 17.4. The molecule has 1 aromatic carbocycles. The van der Waals surface area contributed by atoms with Gasteiger partial charge in [0.25, 0.3) is 5.62 Å². The second-order valence-corrected chi connectivity index (χ2v) is 7.32. The van der Waals surface area contributed by atoms with E-state index < -0.39 is 5.69 Å². The highest BCUT2D eigenvalue weighted by Crippen LogP contribution is 2.24. The molecule has 4 aromatic heterocycles. The molecule has 1 fully saturated rings. The van der Waals surface area contributed by atoms with E-state index in [1.165, 1.54) is 4.52 Å². The Morgan fingerprint density at radius 3 is 2.94 bits per heavy atom. The summed E-state index contributed by atoms with van der Waals surface area (Å²) in [6.45, 7) is 0. The minimum Gasteiger partial charge on any atom is -0.493 e. The van der Waals surface area contributed by atoms with Crippen molar-refractivity contribution in [3.63, 3.8) is 0 Å². The summed E-state index contributed by atoms with van der Waals surface area (Å²) in [7, 11) is 0. The molecule has 0 bridgehead atoms. The molecule has 0 saturated heterocycles. The smallest absolute Gasteiger partial charge is 0.327 e. The van der Waals surface area contributed by atoms with Gasteiger partial charge in [-0.1, -0.05) is 0 Å². The largest absolute Gasteiger partial charge is 0.493 e. The molecule has 4 heterocycles. The Morgan fingerprint density at radius 1 is 1.23 bits per heavy atom. The fourth-order valence-corrected chi connectivity index (χ4v) is 3.31. The lowest BCUT2D eigenvalue weighted by Gasteiger charge is -2.04. The third-order valence-electron chi connectivity index (χ3n) is 4.97. The van der Waals surface area contributed by atoms with Gasteiger partial charge in [-0.3, -0.25) is 4.98 Å². The van der Waals surface area contributed by atoms with E-state index in [9.17, 15) is 9.90 Å². The molecule has 6 rings (SSSR count). The van der Waals surface area contributed by atoms with Crippen molar-refractivity contribution >= 4 is 22.6 Å². The topological polar surface area (TPSA) is 149 Å². The van der Waals surface area contributed by atoms with Gasteiger partial charge in [0.1, 0.15) is 11.4 Å². The molecule has 1 saturated carbocycles. The fraction of sp³-hybridized carbons (Fsp3) is 0.150. The molecule has 1 aliphatic rings. The predicted molar refractivity (Wildman–Crippen MR) is 110 cm³/mol. The first-order valence-electron chi connectivity index (χ1n) is 9.70. The number of fused-ring (bicyclic) bond motifs is 2. The first-order chi connectivity index (χ1) is 15.1. The summed E-state index contributed by atoms with van der Waals surface area (Å²) < 4.78 is 7.47. The van der Waals surface area contributed by atoms with E-state index in [4.69, 9.17) is 4.74 Å². The summed E-state index contributed by atoms with van der Waals surface area (Å²) in [6, 6.07) is 7.93. The van der Waals surface area contributed by atoms with Gasteiger partial charge in [-0.05, 0) is 43.2 Å². The van der Waals surface area contributed by atoms with Crippen LogP contribution in [0.3, 0.4) is 0 Å². The molecular formula is C20H16N8O3. The molecule has 0 aliphatic heterocycles. The maximum atomic E-state index is 11.4. The van der Waals surface area contributed by atoms with Gasteiger partial charge in [0.15, 0.2) is 5.65 Å². The number of aromatic hydroxyl groups is 1. The van der Waals surface area contributed by atoms with Crippen LogP contribution in [0.2, 0.25) is 0 Å². The van der Waals surface area contributed by atoms with Crippen LogP contribution in [0.25, 0.3) is 22.6 Å². The van der Waals surface area contributed by atoms with E-state index in [1.807, 2.05) is 30.5 Å². The van der Waals surface area contributed by atoms with Crippen LogP contribution in [0, 0.1) is 0 Å². The standard InChI is InChI=1S/C20H16N8O3/c29-17-15(24-19(30)26-17)8-11-9-22-28-16(11)25-20(27-18(28)23-12-1-2-12)31-13-3-4-14-10(7-13)5-6-21-14/h3-9,12,21,29H,1-2H2,(H2,24,26,30). The highest BCUT2D eigenvalue weighted by molar-refractivity contribution is 5.80. The van der Waals surface area contributed by atoms with Crippen molar-refractivity contribution < 1.29 is 9.84 Å². The normalized spacial score (nSPS) is 15.4. The Balaban J connectivity index is 1.51. The highest BCUT2D eigenvalue weighted by atomic mass is 16.5. The monoisotopic (exact) mass is 416 g/mol. The quantitative estimate of drug-likeness (QED) is 0.339. The predicted octanol–water partition coefficient (Wildman–Crippen LogP) is 0.731. The molecule has 0 unspecified atom stereocenters. The summed E-state index contributed by atoms with van der Waals surface area (Å²) in [5.41, 5.74) is 1.54. The first-order valence-corrected chi connectivity index (χ1v) is 9.70. The molecule has 1 aliphatic carbocycles. The Morgan fingerprint density at radius 2 is 2.13 bits per heavy atom. The van der Waals surface area contributed by atoms with Gasteiger partial charge in [0, 0.05) is 22.3 Å². The Kier molecular flexibility index (Phi) is 3.69. The molecule has 0 atom stereocenters. The molecule has 11 heteroatoms. The molecule has 0 amide bonds. The lowest BCUT2D eigenvalue weighted by atomic mass is 10.2. The maximum absolute atomic E-state index is 11.4. The van der Waals surface area contributed by atoms with E-state index in [0.29, 0.717) is 22.2 Å². The zero-order valence-electron chi connectivity index (χ0n) is 16.0. The van der Waals surface area contributed by atoms with Crippen LogP contribution < -0.4 is 21.3 Å². The Labute approximate surface area is 172 Å². The van der Waals surface area contributed by atoms with Crippen molar-refractivity contribution in [2.45, 2.75) is 18.9 Å². The number of H-pyrrole nitrogens is 3. The SMILES string of the molecule is O=c1[nH]c(O)c(C=c2cnn3c(=NC4CC4)nc(Oc4ccc5[nH]ccc5c4)nc23)[nH]1. The van der Waals surface area contributed by atoms with Gasteiger partial charge < -0.3 is 19.8 Å². The molecule has 0 spiro atoms. The summed E-state index contributed by atoms with van der Waals surface area (Å²) in [5.74, 6) is 0.323. The third-order valence-corrected chi connectivity index (χ3v) is 4.97. The van der Waals surface area contributed by atoms with Crippen LogP contribution in [0.1, 0.15) is 18.5 Å². The number of rotatable bonds is 4. The molecular weight excluding hydrogens is 400 g/mol. The molecule has 154 valence electrons. The summed E-state index contributed by atoms with van der Waals surface area (Å²) in [6.07, 6.45) is 7.00. The minimum absolute atomic E-state index is 0.128. The van der Waals surface area contributed by atoms with Gasteiger partial charge in [0.2, 0.25) is 5.88 Å². The second-order valence-electron chi connectivity index (χ2n) is 7.32. The van der Waals surface area contributed by atoms with Crippen molar-refractivity contribution in [3.8, 4) is 17.6 Å². The van der Waals surface area contributed by atoms with Gasteiger partial charge >= 0.3 is 11.7 Å². The van der Waals surface area contributed by atoms with Crippen molar-refractivity contribution in [3.05, 3.63) is 63.7 Å². The van der Waals surface area contributed by atoms with Crippen LogP contribution in [0.5, 0.6) is 17.6 Å². The molecule has 11 nitrogen and oxygen atoms in total. The number of nitrogens with one attached hydrogen (secondary N) is 3. The summed E-state index contributed by atoms with van der Waals surface area (Å²) in [4.78, 5) is 33.0. The number of imidazole rings is 1. The van der Waals surface area contributed by atoms with Crippen molar-refractivity contribution in [2.24, 2.45) is 4.99 Å².